The Labute approximate surface area is 185 Å². The van der Waals surface area contributed by atoms with Crippen LogP contribution in [0.4, 0.5) is 17.5 Å². The van der Waals surface area contributed by atoms with E-state index in [2.05, 4.69) is 5.32 Å². The Morgan fingerprint density at radius 3 is 2.65 bits per heavy atom. The zero-order valence-corrected chi connectivity index (χ0v) is 18.1. The molecule has 4 heterocycles. The number of carbonyl (C=O) groups excluding carboxylic acids is 1. The summed E-state index contributed by atoms with van der Waals surface area (Å²) in [5, 5.41) is 3.48. The maximum atomic E-state index is 12.9. The van der Waals surface area contributed by atoms with Gasteiger partial charge in [-0.15, -0.1) is 0 Å². The lowest BCUT2D eigenvalue weighted by molar-refractivity contribution is -0.117. The molecule has 0 bridgehead atoms. The Morgan fingerprint density at radius 2 is 1.90 bits per heavy atom. The average molecular weight is 437 g/mol. The molecule has 2 saturated heterocycles. The van der Waals surface area contributed by atoms with Gasteiger partial charge in [-0.25, -0.2) is 4.98 Å². The third-order valence-electron chi connectivity index (χ3n) is 5.95. The maximum Gasteiger partial charge on any atom is 0.246 e. The summed E-state index contributed by atoms with van der Waals surface area (Å²) < 4.78 is 18.0. The van der Waals surface area contributed by atoms with Crippen molar-refractivity contribution >= 4 is 47.5 Å². The number of anilines is 3. The quantitative estimate of drug-likeness (QED) is 0.692. The lowest BCUT2D eigenvalue weighted by Crippen LogP contribution is -2.51. The van der Waals surface area contributed by atoms with Crippen LogP contribution in [0.2, 0.25) is 0 Å². The first-order valence-corrected chi connectivity index (χ1v) is 11.9. The van der Waals surface area contributed by atoms with Crippen LogP contribution in [-0.2, 0) is 26.8 Å². The number of aromatic nitrogens is 2. The molecular formula is C21H24BN5O3S. The Kier molecular flexibility index (Phi) is 5.66. The summed E-state index contributed by atoms with van der Waals surface area (Å²) in [6, 6.07) is 7.56. The molecule has 3 aliphatic heterocycles. The van der Waals surface area contributed by atoms with Crippen LogP contribution in [0, 0.1) is 0 Å². The van der Waals surface area contributed by atoms with E-state index < -0.39 is 10.8 Å². The fourth-order valence-corrected chi connectivity index (χ4v) is 5.54. The summed E-state index contributed by atoms with van der Waals surface area (Å²) in [6.45, 7) is 2.78. The van der Waals surface area contributed by atoms with E-state index in [0.29, 0.717) is 55.7 Å². The molecule has 0 aliphatic carbocycles. The molecule has 10 heteroatoms. The van der Waals surface area contributed by atoms with Crippen LogP contribution in [0.15, 0.2) is 29.2 Å². The van der Waals surface area contributed by atoms with Gasteiger partial charge in [0.15, 0.2) is 0 Å². The van der Waals surface area contributed by atoms with Crippen molar-refractivity contribution in [3.63, 3.8) is 0 Å². The minimum Gasteiger partial charge on any atom is -0.381 e. The maximum absolute atomic E-state index is 12.9. The molecule has 2 aromatic rings. The largest absolute Gasteiger partial charge is 0.381 e. The number of amides is 1. The van der Waals surface area contributed by atoms with Crippen LogP contribution >= 0.6 is 0 Å². The van der Waals surface area contributed by atoms with Crippen LogP contribution < -0.4 is 20.6 Å². The summed E-state index contributed by atoms with van der Waals surface area (Å²) in [6.07, 6.45) is 2.44. The van der Waals surface area contributed by atoms with Gasteiger partial charge < -0.3 is 19.9 Å². The molecule has 1 N–H and O–H groups in total. The lowest BCUT2D eigenvalue weighted by atomic mass is 9.96. The highest BCUT2D eigenvalue weighted by Gasteiger charge is 2.31. The summed E-state index contributed by atoms with van der Waals surface area (Å²) in [7, 11) is 4.67. The minimum atomic E-state index is -1.09. The number of piperazine rings is 1. The first-order valence-electron chi connectivity index (χ1n) is 10.6. The number of benzene rings is 1. The van der Waals surface area contributed by atoms with Gasteiger partial charge in [0.05, 0.1) is 16.5 Å². The number of nitrogens with one attached hydrogen (secondary N) is 1. The zero-order valence-electron chi connectivity index (χ0n) is 17.2. The number of nitrogens with zero attached hydrogens (tertiary/aromatic N) is 4. The Morgan fingerprint density at radius 1 is 1.13 bits per heavy atom. The number of aryl methyl sites for hydroxylation is 1. The monoisotopic (exact) mass is 437 g/mol. The molecule has 1 atom stereocenters. The topological polar surface area (TPSA) is 87.7 Å². The number of rotatable bonds is 4. The van der Waals surface area contributed by atoms with Crippen molar-refractivity contribution in [3.8, 4) is 0 Å². The van der Waals surface area contributed by atoms with E-state index in [4.69, 9.17) is 22.6 Å². The molecule has 3 aliphatic rings. The van der Waals surface area contributed by atoms with E-state index in [9.17, 15) is 9.00 Å². The Bertz CT molecular complexity index is 1010. The van der Waals surface area contributed by atoms with Crippen LogP contribution in [0.1, 0.15) is 18.5 Å². The SMILES string of the molecule is [B]c1ccc(N2CCN(c3nc4c(c(NC5CCOCC5)n3)S(=O)CC4)CC2=O)cc1. The van der Waals surface area contributed by atoms with Crippen molar-refractivity contribution in [2.24, 2.45) is 0 Å². The Hall–Kier alpha value is -2.46. The highest BCUT2D eigenvalue weighted by Crippen LogP contribution is 2.31. The van der Waals surface area contributed by atoms with Crippen molar-refractivity contribution in [3.05, 3.63) is 30.0 Å². The molecule has 0 saturated carbocycles. The van der Waals surface area contributed by atoms with Crippen molar-refractivity contribution in [2.45, 2.75) is 30.2 Å². The second-order valence-electron chi connectivity index (χ2n) is 8.04. The third kappa shape index (κ3) is 4.18. The smallest absolute Gasteiger partial charge is 0.246 e. The van der Waals surface area contributed by atoms with Gasteiger partial charge in [0.25, 0.3) is 0 Å². The van der Waals surface area contributed by atoms with Gasteiger partial charge in [0.1, 0.15) is 25.1 Å². The van der Waals surface area contributed by atoms with Gasteiger partial charge in [-0.05, 0) is 25.0 Å². The second-order valence-corrected chi connectivity index (χ2v) is 9.54. The predicted octanol–water partition coefficient (Wildman–Crippen LogP) is 0.378. The molecule has 31 heavy (non-hydrogen) atoms. The van der Waals surface area contributed by atoms with Gasteiger partial charge in [0.2, 0.25) is 11.9 Å². The molecule has 1 aromatic heterocycles. The normalized spacial score (nSPS) is 21.9. The Balaban J connectivity index is 1.38. The number of ether oxygens (including phenoxy) is 1. The zero-order chi connectivity index (χ0) is 21.4. The molecule has 0 spiro atoms. The van der Waals surface area contributed by atoms with E-state index in [1.807, 2.05) is 17.0 Å². The summed E-state index contributed by atoms with van der Waals surface area (Å²) in [5.41, 5.74) is 2.33. The van der Waals surface area contributed by atoms with Crippen molar-refractivity contribution < 1.29 is 13.7 Å². The fraction of sp³-hybridized carbons (Fsp3) is 0.476. The molecule has 5 rings (SSSR count). The van der Waals surface area contributed by atoms with E-state index >= 15 is 0 Å². The van der Waals surface area contributed by atoms with E-state index in [1.165, 1.54) is 0 Å². The standard InChI is InChI=1S/C21H24BN5O3S/c22-14-1-3-16(4-2-14)27-9-8-26(13-18(27)28)21-24-17-7-12-31(29)19(17)20(25-21)23-15-5-10-30-11-6-15/h1-4,15H,5-13H2,(H,23,24,25). The molecule has 1 unspecified atom stereocenters. The highest BCUT2D eigenvalue weighted by atomic mass is 32.2. The molecule has 2 fully saturated rings. The highest BCUT2D eigenvalue weighted by molar-refractivity contribution is 7.85. The summed E-state index contributed by atoms with van der Waals surface area (Å²) in [5.74, 6) is 1.73. The molecule has 160 valence electrons. The van der Waals surface area contributed by atoms with Crippen molar-refractivity contribution in [1.29, 1.82) is 0 Å². The second kappa shape index (κ2) is 8.59. The van der Waals surface area contributed by atoms with Gasteiger partial charge in [0, 0.05) is 50.2 Å². The predicted molar refractivity (Wildman–Crippen MR) is 121 cm³/mol. The average Bonchev–Trinajstić information content (AvgIpc) is 3.16. The van der Waals surface area contributed by atoms with Crippen LogP contribution in [0.5, 0.6) is 0 Å². The minimum absolute atomic E-state index is 0.0114. The van der Waals surface area contributed by atoms with Crippen molar-refractivity contribution in [2.75, 3.05) is 53.7 Å². The molecule has 2 radical (unpaired) electrons. The molecular weight excluding hydrogens is 413 g/mol. The van der Waals surface area contributed by atoms with Crippen LogP contribution in [-0.4, -0.2) is 72.6 Å². The third-order valence-corrected chi connectivity index (χ3v) is 7.41. The van der Waals surface area contributed by atoms with Gasteiger partial charge in [-0.3, -0.25) is 9.00 Å². The lowest BCUT2D eigenvalue weighted by Gasteiger charge is -2.34. The number of hydrogen-bond acceptors (Lipinski definition) is 7. The molecule has 1 aromatic carbocycles. The first kappa shape index (κ1) is 20.4. The number of hydrogen-bond donors (Lipinski definition) is 1. The van der Waals surface area contributed by atoms with Gasteiger partial charge >= 0.3 is 0 Å². The van der Waals surface area contributed by atoms with Crippen LogP contribution in [0.3, 0.4) is 0 Å². The number of carbonyl (C=O) groups is 1. The van der Waals surface area contributed by atoms with E-state index in [0.717, 1.165) is 29.1 Å². The van der Waals surface area contributed by atoms with Gasteiger partial charge in [-0.2, -0.15) is 4.98 Å². The summed E-state index contributed by atoms with van der Waals surface area (Å²) in [4.78, 5) is 26.7. The van der Waals surface area contributed by atoms with E-state index in [-0.39, 0.29) is 18.5 Å². The van der Waals surface area contributed by atoms with Crippen molar-refractivity contribution in [1.82, 2.24) is 9.97 Å². The summed E-state index contributed by atoms with van der Waals surface area (Å²) >= 11 is 0. The van der Waals surface area contributed by atoms with Gasteiger partial charge in [-0.1, -0.05) is 17.6 Å². The molecule has 8 nitrogen and oxygen atoms in total. The van der Waals surface area contributed by atoms with E-state index in [1.54, 1.807) is 17.0 Å². The molecule has 1 amide bonds. The first-order chi connectivity index (χ1) is 15.1. The fourth-order valence-electron chi connectivity index (χ4n) is 4.23. The van der Waals surface area contributed by atoms with Crippen LogP contribution in [0.25, 0.3) is 0 Å². The number of fused-ring (bicyclic) bond motifs is 1.